The summed E-state index contributed by atoms with van der Waals surface area (Å²) in [5.41, 5.74) is 2.36. The minimum atomic E-state index is 0.971. The standard InChI is InChI=1S/C19H30N6/c1-2-25-18-6-4-3-5-17(18)21-19(25)24-15-13-23(14-16-24)12-11-22-9-7-20-8-10-22/h3-6,20H,2,7-16H2,1H3. The zero-order valence-electron chi connectivity index (χ0n) is 15.3. The first-order chi connectivity index (χ1) is 12.3. The number of nitrogens with zero attached hydrogens (tertiary/aromatic N) is 5. The van der Waals surface area contributed by atoms with Gasteiger partial charge in [0.15, 0.2) is 0 Å². The maximum absolute atomic E-state index is 4.91. The van der Waals surface area contributed by atoms with E-state index in [0.29, 0.717) is 0 Å². The Kier molecular flexibility index (Phi) is 5.20. The number of fused-ring (bicyclic) bond motifs is 1. The number of rotatable bonds is 5. The molecule has 0 aliphatic carbocycles. The van der Waals surface area contributed by atoms with Gasteiger partial charge in [-0.1, -0.05) is 12.1 Å². The van der Waals surface area contributed by atoms with Gasteiger partial charge in [-0.25, -0.2) is 4.98 Å². The Bertz CT molecular complexity index is 682. The third kappa shape index (κ3) is 3.66. The smallest absolute Gasteiger partial charge is 0.206 e. The maximum Gasteiger partial charge on any atom is 0.206 e. The van der Waals surface area contributed by atoms with Crippen molar-refractivity contribution in [1.82, 2.24) is 24.7 Å². The zero-order chi connectivity index (χ0) is 17.1. The van der Waals surface area contributed by atoms with Crippen molar-refractivity contribution in [2.24, 2.45) is 0 Å². The molecule has 0 amide bonds. The first-order valence-electron chi connectivity index (χ1n) is 9.71. The van der Waals surface area contributed by atoms with Crippen LogP contribution in [-0.2, 0) is 6.54 Å². The second kappa shape index (κ2) is 7.72. The fourth-order valence-corrected chi connectivity index (χ4v) is 4.01. The topological polar surface area (TPSA) is 39.6 Å². The van der Waals surface area contributed by atoms with E-state index in [1.165, 1.54) is 31.7 Å². The molecule has 2 aromatic rings. The minimum Gasteiger partial charge on any atom is -0.340 e. The largest absolute Gasteiger partial charge is 0.340 e. The van der Waals surface area contributed by atoms with Gasteiger partial charge in [-0.2, -0.15) is 0 Å². The molecule has 2 aliphatic rings. The van der Waals surface area contributed by atoms with Gasteiger partial charge < -0.3 is 14.8 Å². The molecule has 25 heavy (non-hydrogen) atoms. The quantitative estimate of drug-likeness (QED) is 0.881. The van der Waals surface area contributed by atoms with E-state index in [1.54, 1.807) is 0 Å². The van der Waals surface area contributed by atoms with Crippen molar-refractivity contribution < 1.29 is 0 Å². The number of aromatic nitrogens is 2. The molecule has 0 unspecified atom stereocenters. The predicted molar refractivity (Wildman–Crippen MR) is 103 cm³/mol. The fourth-order valence-electron chi connectivity index (χ4n) is 4.01. The molecule has 1 aromatic carbocycles. The van der Waals surface area contributed by atoms with Gasteiger partial charge in [0, 0.05) is 72.0 Å². The van der Waals surface area contributed by atoms with Crippen molar-refractivity contribution >= 4 is 17.0 Å². The normalized spacial score (nSPS) is 20.4. The highest BCUT2D eigenvalue weighted by Crippen LogP contribution is 2.23. The molecule has 6 nitrogen and oxygen atoms in total. The van der Waals surface area contributed by atoms with Gasteiger partial charge in [-0.15, -0.1) is 0 Å². The first-order valence-corrected chi connectivity index (χ1v) is 9.71. The summed E-state index contributed by atoms with van der Waals surface area (Å²) in [4.78, 5) is 12.6. The highest BCUT2D eigenvalue weighted by atomic mass is 15.4. The maximum atomic E-state index is 4.91. The Labute approximate surface area is 150 Å². The van der Waals surface area contributed by atoms with Crippen LogP contribution in [0.15, 0.2) is 24.3 Å². The molecular weight excluding hydrogens is 312 g/mol. The molecule has 0 spiro atoms. The second-order valence-electron chi connectivity index (χ2n) is 7.07. The second-order valence-corrected chi connectivity index (χ2v) is 7.07. The summed E-state index contributed by atoms with van der Waals surface area (Å²) in [5.74, 6) is 1.14. The summed E-state index contributed by atoms with van der Waals surface area (Å²) in [5, 5.41) is 3.43. The molecule has 0 radical (unpaired) electrons. The molecule has 136 valence electrons. The third-order valence-corrected chi connectivity index (χ3v) is 5.55. The van der Waals surface area contributed by atoms with E-state index in [9.17, 15) is 0 Å². The van der Waals surface area contributed by atoms with E-state index in [2.05, 4.69) is 55.8 Å². The average Bonchev–Trinajstić information content (AvgIpc) is 3.06. The molecule has 4 rings (SSSR count). The lowest BCUT2D eigenvalue weighted by atomic mass is 10.3. The highest BCUT2D eigenvalue weighted by molar-refractivity contribution is 5.78. The van der Waals surface area contributed by atoms with E-state index < -0.39 is 0 Å². The molecule has 3 heterocycles. The minimum absolute atomic E-state index is 0.971. The Hall–Kier alpha value is -1.63. The van der Waals surface area contributed by atoms with Crippen LogP contribution in [0.25, 0.3) is 11.0 Å². The fraction of sp³-hybridized carbons (Fsp3) is 0.632. The first kappa shape index (κ1) is 16.8. The van der Waals surface area contributed by atoms with Gasteiger partial charge >= 0.3 is 0 Å². The molecule has 1 N–H and O–H groups in total. The molecule has 0 saturated carbocycles. The van der Waals surface area contributed by atoms with E-state index in [1.807, 2.05) is 0 Å². The third-order valence-electron chi connectivity index (χ3n) is 5.55. The number of nitrogens with one attached hydrogen (secondary N) is 1. The SMILES string of the molecule is CCn1c(N2CCN(CCN3CCNCC3)CC2)nc2ccccc21. The van der Waals surface area contributed by atoms with Crippen molar-refractivity contribution in [3.63, 3.8) is 0 Å². The van der Waals surface area contributed by atoms with Gasteiger partial charge in [0.1, 0.15) is 0 Å². The molecule has 2 aliphatic heterocycles. The lowest BCUT2D eigenvalue weighted by Crippen LogP contribution is -2.51. The molecule has 0 atom stereocenters. The molecule has 6 heteroatoms. The summed E-state index contributed by atoms with van der Waals surface area (Å²) < 4.78 is 2.35. The van der Waals surface area contributed by atoms with E-state index in [0.717, 1.165) is 57.3 Å². The summed E-state index contributed by atoms with van der Waals surface area (Å²) in [7, 11) is 0. The predicted octanol–water partition coefficient (Wildman–Crippen LogP) is 1.08. The van der Waals surface area contributed by atoms with Crippen molar-refractivity contribution in [3.05, 3.63) is 24.3 Å². The van der Waals surface area contributed by atoms with Crippen molar-refractivity contribution in [3.8, 4) is 0 Å². The Balaban J connectivity index is 1.35. The van der Waals surface area contributed by atoms with E-state index in [-0.39, 0.29) is 0 Å². The van der Waals surface area contributed by atoms with Crippen LogP contribution in [0, 0.1) is 0 Å². The van der Waals surface area contributed by atoms with Crippen molar-refractivity contribution in [2.75, 3.05) is 70.3 Å². The number of aryl methyl sites for hydroxylation is 1. The Morgan fingerprint density at radius 3 is 2.32 bits per heavy atom. The van der Waals surface area contributed by atoms with Gasteiger partial charge in [0.2, 0.25) is 5.95 Å². The lowest BCUT2D eigenvalue weighted by Gasteiger charge is -2.37. The van der Waals surface area contributed by atoms with Crippen LogP contribution in [0.5, 0.6) is 0 Å². The monoisotopic (exact) mass is 342 g/mol. The van der Waals surface area contributed by atoms with Gasteiger partial charge in [0.05, 0.1) is 11.0 Å². The van der Waals surface area contributed by atoms with Crippen LogP contribution < -0.4 is 10.2 Å². The average molecular weight is 342 g/mol. The van der Waals surface area contributed by atoms with Crippen LogP contribution in [0.2, 0.25) is 0 Å². The lowest BCUT2D eigenvalue weighted by molar-refractivity contribution is 0.182. The number of piperazine rings is 2. The number of hydrogen-bond donors (Lipinski definition) is 1. The van der Waals surface area contributed by atoms with Crippen LogP contribution in [0.3, 0.4) is 0 Å². The van der Waals surface area contributed by atoms with Crippen LogP contribution in [-0.4, -0.2) is 84.8 Å². The van der Waals surface area contributed by atoms with Crippen LogP contribution >= 0.6 is 0 Å². The van der Waals surface area contributed by atoms with Crippen molar-refractivity contribution in [1.29, 1.82) is 0 Å². The number of benzene rings is 1. The summed E-state index contributed by atoms with van der Waals surface area (Å²) in [6.07, 6.45) is 0. The van der Waals surface area contributed by atoms with Gasteiger partial charge in [-0.3, -0.25) is 9.80 Å². The Morgan fingerprint density at radius 2 is 1.60 bits per heavy atom. The van der Waals surface area contributed by atoms with Gasteiger partial charge in [-0.05, 0) is 19.1 Å². The van der Waals surface area contributed by atoms with E-state index in [4.69, 9.17) is 4.98 Å². The summed E-state index contributed by atoms with van der Waals surface area (Å²) in [6.45, 7) is 14.7. The zero-order valence-corrected chi connectivity index (χ0v) is 15.3. The summed E-state index contributed by atoms with van der Waals surface area (Å²) in [6, 6.07) is 8.48. The molecule has 1 aromatic heterocycles. The van der Waals surface area contributed by atoms with E-state index >= 15 is 0 Å². The Morgan fingerprint density at radius 1 is 0.920 bits per heavy atom. The van der Waals surface area contributed by atoms with Crippen LogP contribution in [0.1, 0.15) is 6.92 Å². The molecular formula is C19H30N6. The van der Waals surface area contributed by atoms with Gasteiger partial charge in [0.25, 0.3) is 0 Å². The number of imidazole rings is 1. The number of para-hydroxylation sites is 2. The summed E-state index contributed by atoms with van der Waals surface area (Å²) >= 11 is 0. The van der Waals surface area contributed by atoms with Crippen LogP contribution in [0.4, 0.5) is 5.95 Å². The van der Waals surface area contributed by atoms with Crippen molar-refractivity contribution in [2.45, 2.75) is 13.5 Å². The number of anilines is 1. The highest BCUT2D eigenvalue weighted by Gasteiger charge is 2.22. The number of hydrogen-bond acceptors (Lipinski definition) is 5. The molecule has 0 bridgehead atoms. The molecule has 2 saturated heterocycles. The molecule has 2 fully saturated rings.